The van der Waals surface area contributed by atoms with Crippen LogP contribution in [-0.4, -0.2) is 172 Å². The van der Waals surface area contributed by atoms with Crippen LogP contribution in [0.3, 0.4) is 0 Å². The normalized spacial score (nSPS) is 15.7. The van der Waals surface area contributed by atoms with Gasteiger partial charge in [-0.3, -0.25) is 33.1 Å². The Labute approximate surface area is 449 Å². The number of methoxy groups -OCH3 is 1. The molecule has 0 bridgehead atoms. The van der Waals surface area contributed by atoms with Crippen LogP contribution in [0.25, 0.3) is 0 Å². The number of aliphatic hydroxyl groups is 1. The zero-order valence-electron chi connectivity index (χ0n) is 45.5. The predicted octanol–water partition coefficient (Wildman–Crippen LogP) is 3.95. The van der Waals surface area contributed by atoms with Crippen molar-refractivity contribution < 1.29 is 65.4 Å². The van der Waals surface area contributed by atoms with Crippen LogP contribution in [0.2, 0.25) is 0 Å². The van der Waals surface area contributed by atoms with Gasteiger partial charge in [0.1, 0.15) is 23.7 Å². The third kappa shape index (κ3) is 25.1. The summed E-state index contributed by atoms with van der Waals surface area (Å²) in [6.45, 7) is 13.2. The van der Waals surface area contributed by atoms with Gasteiger partial charge in [-0.25, -0.2) is 4.68 Å². The van der Waals surface area contributed by atoms with Gasteiger partial charge in [0.05, 0.1) is 90.0 Å². The van der Waals surface area contributed by atoms with E-state index in [0.29, 0.717) is 84.4 Å². The molecule has 0 aliphatic carbocycles. The van der Waals surface area contributed by atoms with Crippen LogP contribution in [0.5, 0.6) is 0 Å². The minimum Gasteiger partial charge on any atom is -0.382 e. The number of Topliss-reactive ketones (excluding diaryl/α,β-unsaturated/α-hetero) is 3. The molecule has 1 fully saturated rings. The summed E-state index contributed by atoms with van der Waals surface area (Å²) in [6, 6.07) is 16.5. The third-order valence-corrected chi connectivity index (χ3v) is 14.0. The van der Waals surface area contributed by atoms with Gasteiger partial charge in [0.2, 0.25) is 11.8 Å². The Morgan fingerprint density at radius 1 is 0.776 bits per heavy atom. The molecule has 76 heavy (non-hydrogen) atoms. The quantitative estimate of drug-likeness (QED) is 0.0538. The van der Waals surface area contributed by atoms with Crippen molar-refractivity contribution >= 4 is 39.3 Å². The molecule has 0 spiro atoms. The van der Waals surface area contributed by atoms with Gasteiger partial charge in [-0.15, -0.1) is 5.10 Å². The van der Waals surface area contributed by atoms with E-state index in [1.807, 2.05) is 93.3 Å². The highest BCUT2D eigenvalue weighted by Gasteiger charge is 2.40. The summed E-state index contributed by atoms with van der Waals surface area (Å²) in [5.41, 5.74) is -0.0319. The molecule has 2 amide bonds. The van der Waals surface area contributed by atoms with Crippen LogP contribution >= 0.6 is 0 Å². The third-order valence-electron chi connectivity index (χ3n) is 12.7. The average Bonchev–Trinajstić information content (AvgIpc) is 3.84. The van der Waals surface area contributed by atoms with E-state index in [0.717, 1.165) is 18.1 Å². The van der Waals surface area contributed by atoms with E-state index in [9.17, 15) is 37.5 Å². The molecule has 0 radical (unpaired) electrons. The average molecular weight is 1090 g/mol. The number of hydrogen-bond acceptors (Lipinski definition) is 17. The first-order valence-electron chi connectivity index (χ1n) is 26.6. The van der Waals surface area contributed by atoms with Crippen LogP contribution in [0.1, 0.15) is 90.0 Å². The number of carbonyl (C=O) groups is 5. The van der Waals surface area contributed by atoms with E-state index in [4.69, 9.17) is 27.9 Å². The fourth-order valence-corrected chi connectivity index (χ4v) is 9.58. The van der Waals surface area contributed by atoms with Crippen LogP contribution in [0, 0.1) is 23.7 Å². The first-order valence-corrected chi connectivity index (χ1v) is 28.2. The van der Waals surface area contributed by atoms with E-state index in [-0.39, 0.29) is 81.7 Å². The SMILES string of the molecule is COCCOCCOCCn1cc(COCCCS(=O)(=O)OC[C@@](C)(O)C(=O)[C@H](CC(C)C)NC(=O)[C@@H](CC(=O)[C@H](CC(C)C)NC(=O)[C@H](CCc2ccccc2)CC(=O)CN2CCOCC2)Cc2ccccc2)nn1. The second kappa shape index (κ2) is 34.1. The molecule has 1 saturated heterocycles. The highest BCUT2D eigenvalue weighted by molar-refractivity contribution is 7.86. The highest BCUT2D eigenvalue weighted by atomic mass is 32.2. The molecule has 2 heterocycles. The zero-order chi connectivity index (χ0) is 55.4. The summed E-state index contributed by atoms with van der Waals surface area (Å²) in [6.07, 6.45) is 2.86. The second-order valence-electron chi connectivity index (χ2n) is 20.5. The van der Waals surface area contributed by atoms with Crippen LogP contribution < -0.4 is 10.6 Å². The number of aryl methyl sites for hydroxylation is 1. The molecular weight excluding hydrogens is 1000 g/mol. The fraction of sp³-hybridized carbons (Fsp3) is 0.655. The Balaban J connectivity index is 1.37. The second-order valence-corrected chi connectivity index (χ2v) is 22.3. The molecule has 0 saturated carbocycles. The first kappa shape index (κ1) is 63.7. The van der Waals surface area contributed by atoms with Crippen LogP contribution in [0.4, 0.5) is 0 Å². The Morgan fingerprint density at radius 2 is 1.38 bits per heavy atom. The zero-order valence-corrected chi connectivity index (χ0v) is 46.3. The summed E-state index contributed by atoms with van der Waals surface area (Å²) in [5.74, 6) is -4.74. The number of ether oxygens (including phenoxy) is 5. The van der Waals surface area contributed by atoms with E-state index in [1.54, 1.807) is 18.0 Å². The number of aromatic nitrogens is 3. The van der Waals surface area contributed by atoms with Crippen molar-refractivity contribution in [1.82, 2.24) is 30.5 Å². The van der Waals surface area contributed by atoms with E-state index >= 15 is 0 Å². The van der Waals surface area contributed by atoms with Crippen molar-refractivity contribution in [2.24, 2.45) is 23.7 Å². The minimum absolute atomic E-state index is 0.00231. The molecule has 20 nitrogen and oxygen atoms in total. The molecule has 4 rings (SSSR count). The van der Waals surface area contributed by atoms with Gasteiger partial charge in [0, 0.05) is 51.5 Å². The smallest absolute Gasteiger partial charge is 0.267 e. The molecular formula is C55H84N6O14S. The van der Waals surface area contributed by atoms with E-state index < -0.39 is 69.6 Å². The summed E-state index contributed by atoms with van der Waals surface area (Å²) < 4.78 is 59.6. The number of carbonyl (C=O) groups excluding carboxylic acids is 5. The van der Waals surface area contributed by atoms with Crippen molar-refractivity contribution in [3.05, 3.63) is 83.7 Å². The van der Waals surface area contributed by atoms with Gasteiger partial charge in [-0.1, -0.05) is 93.6 Å². The Morgan fingerprint density at radius 3 is 2.04 bits per heavy atom. The molecule has 2 aromatic carbocycles. The maximum Gasteiger partial charge on any atom is 0.267 e. The van der Waals surface area contributed by atoms with Gasteiger partial charge in [0.25, 0.3) is 10.1 Å². The van der Waals surface area contributed by atoms with Gasteiger partial charge in [-0.05, 0) is 68.4 Å². The Hall–Kier alpha value is -4.84. The largest absolute Gasteiger partial charge is 0.382 e. The number of hydrogen-bond donors (Lipinski definition) is 3. The summed E-state index contributed by atoms with van der Waals surface area (Å²) in [5, 5.41) is 25.4. The fourth-order valence-electron chi connectivity index (χ4n) is 8.59. The number of nitrogens with one attached hydrogen (secondary N) is 2. The molecule has 1 aromatic heterocycles. The molecule has 5 atom stereocenters. The number of ketones is 3. The molecule has 1 aliphatic heterocycles. The lowest BCUT2D eigenvalue weighted by Crippen LogP contribution is -2.54. The number of benzene rings is 2. The lowest BCUT2D eigenvalue weighted by atomic mass is 9.86. The van der Waals surface area contributed by atoms with Crippen molar-refractivity contribution in [2.75, 3.05) is 92.0 Å². The maximum atomic E-state index is 14.5. The Kier molecular flexibility index (Phi) is 28.6. The van der Waals surface area contributed by atoms with Crippen LogP contribution in [0.15, 0.2) is 66.9 Å². The Bertz CT molecular complexity index is 2290. The summed E-state index contributed by atoms with van der Waals surface area (Å²) in [4.78, 5) is 72.9. The summed E-state index contributed by atoms with van der Waals surface area (Å²) in [7, 11) is -2.63. The van der Waals surface area contributed by atoms with E-state index in [2.05, 4.69) is 20.9 Å². The van der Waals surface area contributed by atoms with Crippen molar-refractivity contribution in [2.45, 2.75) is 117 Å². The number of amides is 2. The van der Waals surface area contributed by atoms with Crippen molar-refractivity contribution in [1.29, 1.82) is 0 Å². The van der Waals surface area contributed by atoms with Gasteiger partial charge in [0.15, 0.2) is 11.6 Å². The lowest BCUT2D eigenvalue weighted by Gasteiger charge is -2.30. The standard InChI is InChI=1S/C55H84N6O14S/c1-41(2)32-49(56-53(65)45(19-18-43-14-9-7-10-15-43)35-48(62)38-60-20-24-71-25-21-60)51(63)36-46(34-44-16-11-8-12-17-44)54(66)57-50(33-42(3)4)52(64)55(5,67)40-75-76(68,69)31-13-23-74-39-47-37-61(59-58-47)22-26-72-29-30-73-28-27-70-6/h7-12,14-17,37,41-42,45-46,49-50,67H,13,18-36,38-40H2,1-6H3,(H,56,65)(H,57,66)/t45-,46-,49+,50+,55-/m1/s1. The monoisotopic (exact) mass is 1080 g/mol. The molecule has 3 aromatic rings. The molecule has 0 unspecified atom stereocenters. The molecule has 424 valence electrons. The summed E-state index contributed by atoms with van der Waals surface area (Å²) >= 11 is 0. The lowest BCUT2D eigenvalue weighted by molar-refractivity contribution is -0.143. The topological polar surface area (TPSA) is 253 Å². The maximum absolute atomic E-state index is 14.5. The van der Waals surface area contributed by atoms with Gasteiger partial charge >= 0.3 is 0 Å². The van der Waals surface area contributed by atoms with Crippen LogP contribution in [-0.2, 0) is 88.0 Å². The minimum atomic E-state index is -4.24. The first-order chi connectivity index (χ1) is 36.3. The van der Waals surface area contributed by atoms with E-state index in [1.165, 1.54) is 0 Å². The molecule has 3 N–H and O–H groups in total. The van der Waals surface area contributed by atoms with Crippen molar-refractivity contribution in [3.8, 4) is 0 Å². The number of rotatable bonds is 40. The number of nitrogens with zero attached hydrogens (tertiary/aromatic N) is 4. The van der Waals surface area contributed by atoms with Gasteiger partial charge in [-0.2, -0.15) is 8.42 Å². The van der Waals surface area contributed by atoms with Gasteiger partial charge < -0.3 is 39.4 Å². The molecule has 1 aliphatic rings. The molecule has 21 heteroatoms. The highest BCUT2D eigenvalue weighted by Crippen LogP contribution is 2.22. The van der Waals surface area contributed by atoms with Crippen molar-refractivity contribution in [3.63, 3.8) is 0 Å². The number of morpholine rings is 1. The predicted molar refractivity (Wildman–Crippen MR) is 284 cm³/mol.